The minimum Gasteiger partial charge on any atom is -0.508 e. The maximum absolute atomic E-state index is 15.0. The molecule has 5 aliphatic heterocycles. The van der Waals surface area contributed by atoms with Gasteiger partial charge >= 0.3 is 6.01 Å². The van der Waals surface area contributed by atoms with Crippen LogP contribution in [0.2, 0.25) is 0 Å². The summed E-state index contributed by atoms with van der Waals surface area (Å²) in [7, 11) is 0. The fraction of sp³-hybridized carbons (Fsp3) is 0.568. The first-order valence-corrected chi connectivity index (χ1v) is 17.4. The third-order valence-electron chi connectivity index (χ3n) is 12.0. The van der Waals surface area contributed by atoms with E-state index in [-0.39, 0.29) is 11.3 Å². The number of hydrogen-bond acceptors (Lipinski definition) is 8. The summed E-state index contributed by atoms with van der Waals surface area (Å²) in [4.78, 5) is 17.4. The van der Waals surface area contributed by atoms with E-state index in [0.29, 0.717) is 56.2 Å². The number of benzene rings is 2. The molecule has 1 aromatic heterocycles. The van der Waals surface area contributed by atoms with E-state index in [1.165, 1.54) is 44.1 Å². The van der Waals surface area contributed by atoms with Crippen LogP contribution in [0, 0.1) is 18.3 Å². The number of piperazine rings is 1. The Morgan fingerprint density at radius 3 is 2.74 bits per heavy atom. The molecule has 2 unspecified atom stereocenters. The molecule has 9 heteroatoms. The van der Waals surface area contributed by atoms with Crippen LogP contribution < -0.4 is 19.9 Å². The van der Waals surface area contributed by atoms with Gasteiger partial charge in [0.1, 0.15) is 24.3 Å². The zero-order valence-corrected chi connectivity index (χ0v) is 26.4. The Balaban J connectivity index is 1.07. The van der Waals surface area contributed by atoms with Gasteiger partial charge in [0.05, 0.1) is 17.8 Å². The van der Waals surface area contributed by atoms with Gasteiger partial charge in [-0.1, -0.05) is 30.9 Å². The van der Waals surface area contributed by atoms with E-state index in [0.717, 1.165) is 66.0 Å². The number of aromatic nitrogens is 2. The Labute approximate surface area is 270 Å². The molecule has 0 radical (unpaired) electrons. The van der Waals surface area contributed by atoms with Crippen molar-refractivity contribution in [2.75, 3.05) is 42.6 Å². The van der Waals surface area contributed by atoms with E-state index in [1.54, 1.807) is 6.07 Å². The van der Waals surface area contributed by atoms with Crippen LogP contribution in [-0.4, -0.2) is 82.6 Å². The van der Waals surface area contributed by atoms with Gasteiger partial charge in [-0.2, -0.15) is 9.97 Å². The molecule has 240 valence electrons. The molecular formula is C37H43FN6O2. The van der Waals surface area contributed by atoms with E-state index in [9.17, 15) is 5.11 Å². The van der Waals surface area contributed by atoms with Crippen LogP contribution in [0.1, 0.15) is 68.2 Å². The van der Waals surface area contributed by atoms with E-state index in [1.807, 2.05) is 24.3 Å². The first-order chi connectivity index (χ1) is 22.5. The normalized spacial score (nSPS) is 31.9. The number of hydrogen-bond donors (Lipinski definition) is 2. The Kier molecular flexibility index (Phi) is 6.83. The van der Waals surface area contributed by atoms with Crippen LogP contribution in [-0.2, 0) is 13.0 Å². The molecule has 1 aliphatic carbocycles. The van der Waals surface area contributed by atoms with Crippen LogP contribution >= 0.6 is 0 Å². The predicted octanol–water partition coefficient (Wildman–Crippen LogP) is 4.94. The fourth-order valence-electron chi connectivity index (χ4n) is 10.1. The Morgan fingerprint density at radius 2 is 1.89 bits per heavy atom. The average Bonchev–Trinajstić information content (AvgIpc) is 3.68. The first-order valence-electron chi connectivity index (χ1n) is 17.4. The quantitative estimate of drug-likeness (QED) is 0.388. The van der Waals surface area contributed by atoms with Crippen LogP contribution in [0.5, 0.6) is 11.8 Å². The lowest BCUT2D eigenvalue weighted by Gasteiger charge is -2.38. The van der Waals surface area contributed by atoms with Crippen molar-refractivity contribution in [3.05, 3.63) is 47.2 Å². The van der Waals surface area contributed by atoms with E-state index < -0.39 is 6.17 Å². The number of terminal acetylenes is 1. The summed E-state index contributed by atoms with van der Waals surface area (Å²) in [5.74, 6) is 4.70. The van der Waals surface area contributed by atoms with Crippen molar-refractivity contribution in [1.82, 2.24) is 20.2 Å². The number of phenols is 1. The topological polar surface area (TPSA) is 77.0 Å². The van der Waals surface area contributed by atoms with Gasteiger partial charge in [0, 0.05) is 79.0 Å². The highest BCUT2D eigenvalue weighted by Gasteiger charge is 2.57. The lowest BCUT2D eigenvalue weighted by atomic mass is 9.81. The van der Waals surface area contributed by atoms with Crippen molar-refractivity contribution >= 4 is 22.3 Å². The molecule has 6 aliphatic rings. The largest absolute Gasteiger partial charge is 0.508 e. The first kappa shape index (κ1) is 28.6. The zero-order valence-electron chi connectivity index (χ0n) is 26.4. The molecule has 1 saturated carbocycles. The van der Waals surface area contributed by atoms with Crippen LogP contribution in [0.4, 0.5) is 15.9 Å². The maximum atomic E-state index is 15.0. The number of phenolic OH excluding ortho intramolecular Hbond substituents is 1. The molecule has 5 fully saturated rings. The number of anilines is 2. The Hall–Kier alpha value is -3.61. The highest BCUT2D eigenvalue weighted by atomic mass is 19.1. The molecule has 3 aromatic rings. The molecule has 46 heavy (non-hydrogen) atoms. The average molecular weight is 623 g/mol. The number of aromatic hydroxyl groups is 1. The third kappa shape index (κ3) is 4.71. The molecular weight excluding hydrogens is 579 g/mol. The second-order valence-corrected chi connectivity index (χ2v) is 14.8. The molecule has 6 heterocycles. The smallest absolute Gasteiger partial charge is 0.318 e. The number of rotatable bonds is 5. The molecule has 6 atom stereocenters. The fourth-order valence-corrected chi connectivity index (χ4v) is 10.1. The lowest BCUT2D eigenvalue weighted by molar-refractivity contribution is 0.0772. The molecule has 2 aromatic carbocycles. The third-order valence-corrected chi connectivity index (χ3v) is 12.0. The van der Waals surface area contributed by atoms with E-state index in [4.69, 9.17) is 21.1 Å². The van der Waals surface area contributed by atoms with Gasteiger partial charge in [0.15, 0.2) is 0 Å². The van der Waals surface area contributed by atoms with Gasteiger partial charge < -0.3 is 25.0 Å². The molecule has 0 spiro atoms. The van der Waals surface area contributed by atoms with Crippen LogP contribution in [0.3, 0.4) is 0 Å². The van der Waals surface area contributed by atoms with Gasteiger partial charge in [0.2, 0.25) is 0 Å². The number of nitrogens with zero attached hydrogens (tertiary/aromatic N) is 5. The number of ether oxygens (including phenoxy) is 1. The molecule has 8 nitrogen and oxygen atoms in total. The molecule has 4 saturated heterocycles. The van der Waals surface area contributed by atoms with Gasteiger partial charge in [0.25, 0.3) is 0 Å². The summed E-state index contributed by atoms with van der Waals surface area (Å²) in [6.07, 6.45) is 14.8. The van der Waals surface area contributed by atoms with Crippen molar-refractivity contribution in [1.29, 1.82) is 0 Å². The molecule has 2 N–H and O–H groups in total. The van der Waals surface area contributed by atoms with Crippen molar-refractivity contribution in [2.24, 2.45) is 5.92 Å². The van der Waals surface area contributed by atoms with Crippen LogP contribution in [0.15, 0.2) is 30.3 Å². The monoisotopic (exact) mass is 622 g/mol. The van der Waals surface area contributed by atoms with Gasteiger partial charge in [-0.05, 0) is 62.0 Å². The summed E-state index contributed by atoms with van der Waals surface area (Å²) in [6.45, 7) is 4.13. The van der Waals surface area contributed by atoms with Crippen molar-refractivity contribution in [3.8, 4) is 24.1 Å². The van der Waals surface area contributed by atoms with Crippen molar-refractivity contribution < 1.29 is 14.2 Å². The van der Waals surface area contributed by atoms with Gasteiger partial charge in [-0.15, -0.1) is 6.42 Å². The summed E-state index contributed by atoms with van der Waals surface area (Å²) < 4.78 is 21.6. The minimum absolute atomic E-state index is 0.217. The second kappa shape index (κ2) is 11.0. The number of fused-ring (bicyclic) bond motifs is 7. The Bertz CT molecular complexity index is 1710. The SMILES string of the molecule is C#Cc1cccc2cc(O)cc(N3CCc4c(nc(OC[C@@]56C[C@@H](F)CN5[C@@H]5CCCC[C@@H]5C6)nc4N4CC5CCC(C4)N5)C3)c12. The minimum atomic E-state index is -0.804. The number of halogens is 1. The maximum Gasteiger partial charge on any atom is 0.318 e. The predicted molar refractivity (Wildman–Crippen MR) is 177 cm³/mol. The number of nitrogens with one attached hydrogen (secondary N) is 1. The zero-order chi connectivity index (χ0) is 31.0. The summed E-state index contributed by atoms with van der Waals surface area (Å²) in [5.41, 5.74) is 3.59. The summed E-state index contributed by atoms with van der Waals surface area (Å²) in [6, 6.07) is 11.3. The van der Waals surface area contributed by atoms with E-state index in [2.05, 4.69) is 25.9 Å². The Morgan fingerprint density at radius 1 is 1.04 bits per heavy atom. The highest BCUT2D eigenvalue weighted by Crippen LogP contribution is 2.51. The van der Waals surface area contributed by atoms with Gasteiger partial charge in [-0.25, -0.2) is 4.39 Å². The summed E-state index contributed by atoms with van der Waals surface area (Å²) in [5, 5.41) is 16.3. The summed E-state index contributed by atoms with van der Waals surface area (Å²) >= 11 is 0. The molecule has 2 bridgehead atoms. The van der Waals surface area contributed by atoms with Gasteiger partial charge in [-0.3, -0.25) is 4.90 Å². The van der Waals surface area contributed by atoms with E-state index >= 15 is 4.39 Å². The van der Waals surface area contributed by atoms with Crippen molar-refractivity contribution in [3.63, 3.8) is 0 Å². The molecule has 0 amide bonds. The molecule has 9 rings (SSSR count). The standard InChI is InChI=1S/C37H43FN6O2/c1-2-23-7-5-8-24-14-29(45)15-33(34(23)24)42-13-12-30-31(21-42)40-36(41-35(30)43-19-27-10-11-28(20-43)39-27)46-22-37-16-25-6-3-4-9-32(25)44(37)18-26(38)17-37/h1,5,7-8,14-15,25-28,32,39,45H,3-4,6,9-13,16-22H2/t25-,26-,27?,28?,32-,37-/m1/s1. The lowest BCUT2D eigenvalue weighted by Crippen LogP contribution is -2.52. The highest BCUT2D eigenvalue weighted by molar-refractivity contribution is 6.00. The second-order valence-electron chi connectivity index (χ2n) is 14.8. The van der Waals surface area contributed by atoms with Crippen molar-refractivity contribution in [2.45, 2.75) is 94.2 Å². The number of alkyl halides is 1. The van der Waals surface area contributed by atoms with Crippen LogP contribution in [0.25, 0.3) is 10.8 Å².